The van der Waals surface area contributed by atoms with Gasteiger partial charge in [0, 0.05) is 31.0 Å². The highest BCUT2D eigenvalue weighted by Crippen LogP contribution is 2.21. The van der Waals surface area contributed by atoms with Gasteiger partial charge >= 0.3 is 0 Å². The fourth-order valence-corrected chi connectivity index (χ4v) is 1.70. The van der Waals surface area contributed by atoms with Gasteiger partial charge in [-0.3, -0.25) is 9.78 Å². The number of rotatable bonds is 1. The topological polar surface area (TPSA) is 33.2 Å². The van der Waals surface area contributed by atoms with Crippen LogP contribution in [0.25, 0.3) is 0 Å². The van der Waals surface area contributed by atoms with Crippen molar-refractivity contribution in [1.82, 2.24) is 4.98 Å². The molecule has 1 aromatic rings. The molecule has 68 valence electrons. The summed E-state index contributed by atoms with van der Waals surface area (Å²) < 4.78 is 0. The molecule has 0 aromatic carbocycles. The predicted molar refractivity (Wildman–Crippen MR) is 50.7 cm³/mol. The summed E-state index contributed by atoms with van der Waals surface area (Å²) in [6.07, 6.45) is 4.18. The van der Waals surface area contributed by atoms with Crippen LogP contribution in [0.2, 0.25) is 0 Å². The standard InChI is InChI=1S/C10H12N2O/c1-8-10(13)4-7-12(8)9-2-5-11-6-3-9/h2-3,5-6,8H,4,7H2,1H3/t8-/m0/s1. The van der Waals surface area contributed by atoms with Crippen LogP contribution >= 0.6 is 0 Å². The predicted octanol–water partition coefficient (Wildman–Crippen LogP) is 1.25. The number of aromatic nitrogens is 1. The third-order valence-corrected chi connectivity index (χ3v) is 2.53. The van der Waals surface area contributed by atoms with E-state index >= 15 is 0 Å². The minimum Gasteiger partial charge on any atom is -0.361 e. The van der Waals surface area contributed by atoms with Gasteiger partial charge in [0.1, 0.15) is 0 Å². The molecule has 0 bridgehead atoms. The van der Waals surface area contributed by atoms with Crippen LogP contribution in [0.4, 0.5) is 5.69 Å². The maximum atomic E-state index is 11.3. The third-order valence-electron chi connectivity index (χ3n) is 2.53. The maximum absolute atomic E-state index is 11.3. The Hall–Kier alpha value is -1.38. The summed E-state index contributed by atoms with van der Waals surface area (Å²) >= 11 is 0. The summed E-state index contributed by atoms with van der Waals surface area (Å²) in [5.41, 5.74) is 1.09. The number of ketones is 1. The van der Waals surface area contributed by atoms with Gasteiger partial charge in [-0.25, -0.2) is 0 Å². The Kier molecular flexibility index (Phi) is 2.00. The lowest BCUT2D eigenvalue weighted by Crippen LogP contribution is -2.29. The van der Waals surface area contributed by atoms with Crippen LogP contribution in [0.1, 0.15) is 13.3 Å². The van der Waals surface area contributed by atoms with Crippen LogP contribution in [-0.4, -0.2) is 23.4 Å². The molecule has 0 N–H and O–H groups in total. The Morgan fingerprint density at radius 2 is 2.15 bits per heavy atom. The van der Waals surface area contributed by atoms with Gasteiger partial charge in [0.2, 0.25) is 0 Å². The van der Waals surface area contributed by atoms with Crippen LogP contribution in [-0.2, 0) is 4.79 Å². The highest BCUT2D eigenvalue weighted by molar-refractivity contribution is 5.90. The second-order valence-electron chi connectivity index (χ2n) is 3.29. The second-order valence-corrected chi connectivity index (χ2v) is 3.29. The molecule has 0 radical (unpaired) electrons. The van der Waals surface area contributed by atoms with Crippen LogP contribution in [0, 0.1) is 0 Å². The second kappa shape index (κ2) is 3.17. The number of carbonyl (C=O) groups is 1. The molecule has 2 rings (SSSR count). The van der Waals surface area contributed by atoms with E-state index in [-0.39, 0.29) is 6.04 Å². The van der Waals surface area contributed by atoms with E-state index in [0.717, 1.165) is 12.2 Å². The lowest BCUT2D eigenvalue weighted by Gasteiger charge is -2.21. The number of carbonyl (C=O) groups excluding carboxylic acids is 1. The van der Waals surface area contributed by atoms with E-state index in [1.54, 1.807) is 12.4 Å². The molecule has 3 nitrogen and oxygen atoms in total. The third kappa shape index (κ3) is 1.41. The van der Waals surface area contributed by atoms with Crippen LogP contribution < -0.4 is 4.90 Å². The first-order chi connectivity index (χ1) is 6.29. The van der Waals surface area contributed by atoms with Crippen molar-refractivity contribution >= 4 is 11.5 Å². The first-order valence-electron chi connectivity index (χ1n) is 4.48. The van der Waals surface area contributed by atoms with E-state index in [1.807, 2.05) is 19.1 Å². The quantitative estimate of drug-likeness (QED) is 0.645. The van der Waals surface area contributed by atoms with Gasteiger partial charge in [0.05, 0.1) is 6.04 Å². The zero-order chi connectivity index (χ0) is 9.26. The molecule has 2 heterocycles. The van der Waals surface area contributed by atoms with Gasteiger partial charge in [0.15, 0.2) is 5.78 Å². The summed E-state index contributed by atoms with van der Waals surface area (Å²) in [5.74, 6) is 0.330. The average Bonchev–Trinajstić information content (AvgIpc) is 2.49. The molecule has 1 aromatic heterocycles. The molecular weight excluding hydrogens is 164 g/mol. The molecule has 1 saturated heterocycles. The molecule has 1 atom stereocenters. The molecule has 0 aliphatic carbocycles. The summed E-state index contributed by atoms with van der Waals surface area (Å²) in [6.45, 7) is 2.79. The average molecular weight is 176 g/mol. The monoisotopic (exact) mass is 176 g/mol. The Bertz CT molecular complexity index is 310. The van der Waals surface area contributed by atoms with Crippen molar-refractivity contribution in [2.45, 2.75) is 19.4 Å². The smallest absolute Gasteiger partial charge is 0.156 e. The number of hydrogen-bond acceptors (Lipinski definition) is 3. The van der Waals surface area contributed by atoms with Gasteiger partial charge in [0.25, 0.3) is 0 Å². The summed E-state index contributed by atoms with van der Waals surface area (Å²) in [6, 6.07) is 3.91. The molecule has 0 saturated carbocycles. The van der Waals surface area contributed by atoms with Crippen molar-refractivity contribution in [1.29, 1.82) is 0 Å². The first kappa shape index (κ1) is 8.23. The zero-order valence-corrected chi connectivity index (χ0v) is 7.60. The molecule has 0 spiro atoms. The van der Waals surface area contributed by atoms with Gasteiger partial charge < -0.3 is 4.90 Å². The maximum Gasteiger partial charge on any atom is 0.156 e. The van der Waals surface area contributed by atoms with Gasteiger partial charge in [-0.05, 0) is 19.1 Å². The Balaban J connectivity index is 2.24. The van der Waals surface area contributed by atoms with E-state index in [2.05, 4.69) is 9.88 Å². The van der Waals surface area contributed by atoms with Gasteiger partial charge in [-0.15, -0.1) is 0 Å². The van der Waals surface area contributed by atoms with E-state index in [0.29, 0.717) is 12.2 Å². The molecule has 0 amide bonds. The van der Waals surface area contributed by atoms with Crippen molar-refractivity contribution in [2.24, 2.45) is 0 Å². The van der Waals surface area contributed by atoms with Gasteiger partial charge in [-0.2, -0.15) is 0 Å². The number of hydrogen-bond donors (Lipinski definition) is 0. The normalized spacial score (nSPS) is 22.4. The van der Waals surface area contributed by atoms with E-state index in [1.165, 1.54) is 0 Å². The summed E-state index contributed by atoms with van der Waals surface area (Å²) in [7, 11) is 0. The molecule has 13 heavy (non-hydrogen) atoms. The van der Waals surface area contributed by atoms with Crippen molar-refractivity contribution in [3.8, 4) is 0 Å². The molecule has 0 unspecified atom stereocenters. The zero-order valence-electron chi connectivity index (χ0n) is 7.60. The minimum absolute atomic E-state index is 0.0300. The highest BCUT2D eigenvalue weighted by Gasteiger charge is 2.27. The van der Waals surface area contributed by atoms with Gasteiger partial charge in [-0.1, -0.05) is 0 Å². The summed E-state index contributed by atoms with van der Waals surface area (Å²) in [5, 5.41) is 0. The van der Waals surface area contributed by atoms with Crippen molar-refractivity contribution in [3.63, 3.8) is 0 Å². The lowest BCUT2D eigenvalue weighted by atomic mass is 10.2. The first-order valence-corrected chi connectivity index (χ1v) is 4.48. The largest absolute Gasteiger partial charge is 0.361 e. The fraction of sp³-hybridized carbons (Fsp3) is 0.400. The Labute approximate surface area is 77.4 Å². The number of nitrogens with zero attached hydrogens (tertiary/aromatic N) is 2. The Morgan fingerprint density at radius 3 is 2.69 bits per heavy atom. The van der Waals surface area contributed by atoms with E-state index < -0.39 is 0 Å². The molecule has 3 heteroatoms. The van der Waals surface area contributed by atoms with Crippen LogP contribution in [0.3, 0.4) is 0 Å². The summed E-state index contributed by atoms with van der Waals surface area (Å²) in [4.78, 5) is 17.4. The molecular formula is C10H12N2O. The molecule has 1 aliphatic heterocycles. The highest BCUT2D eigenvalue weighted by atomic mass is 16.1. The molecule has 1 aliphatic rings. The number of pyridine rings is 1. The number of anilines is 1. The van der Waals surface area contributed by atoms with Crippen molar-refractivity contribution < 1.29 is 4.79 Å². The van der Waals surface area contributed by atoms with E-state index in [4.69, 9.17) is 0 Å². The minimum atomic E-state index is 0.0300. The lowest BCUT2D eigenvalue weighted by molar-refractivity contribution is -0.118. The fourth-order valence-electron chi connectivity index (χ4n) is 1.70. The van der Waals surface area contributed by atoms with Crippen molar-refractivity contribution in [2.75, 3.05) is 11.4 Å². The van der Waals surface area contributed by atoms with Crippen LogP contribution in [0.5, 0.6) is 0 Å². The molecule has 1 fully saturated rings. The van der Waals surface area contributed by atoms with Crippen LogP contribution in [0.15, 0.2) is 24.5 Å². The number of Topliss-reactive ketones (excluding diaryl/α,β-unsaturated/α-hetero) is 1. The van der Waals surface area contributed by atoms with E-state index in [9.17, 15) is 4.79 Å². The SMILES string of the molecule is C[C@H]1C(=O)CCN1c1ccncc1. The Morgan fingerprint density at radius 1 is 1.46 bits per heavy atom. The van der Waals surface area contributed by atoms with Crippen molar-refractivity contribution in [3.05, 3.63) is 24.5 Å².